The molecule has 18 heavy (non-hydrogen) atoms. The first-order chi connectivity index (χ1) is 8.84. The summed E-state index contributed by atoms with van der Waals surface area (Å²) in [5, 5.41) is 0. The first-order valence-electron chi connectivity index (χ1n) is 5.42. The number of hydrogen-bond acceptors (Lipinski definition) is 5. The molecule has 92 valence electrons. The van der Waals surface area contributed by atoms with Gasteiger partial charge in [0, 0.05) is 35.2 Å². The van der Waals surface area contributed by atoms with Crippen molar-refractivity contribution in [2.24, 2.45) is 0 Å². The zero-order valence-corrected chi connectivity index (χ0v) is 10.5. The Kier molecular flexibility index (Phi) is 4.72. The fraction of sp³-hybridized carbons (Fsp3) is 0.154. The van der Waals surface area contributed by atoms with Crippen LogP contribution >= 0.6 is 11.8 Å². The Bertz CT molecular complexity index is 445. The molecule has 0 unspecified atom stereocenters. The van der Waals surface area contributed by atoms with Crippen LogP contribution in [0.25, 0.3) is 0 Å². The van der Waals surface area contributed by atoms with Crippen molar-refractivity contribution in [3.05, 3.63) is 54.6 Å². The molecule has 2 heterocycles. The summed E-state index contributed by atoms with van der Waals surface area (Å²) in [5.74, 6) is 0.0604. The van der Waals surface area contributed by atoms with Crippen LogP contribution in [0.4, 0.5) is 0 Å². The Morgan fingerprint density at radius 1 is 1.17 bits per heavy atom. The second kappa shape index (κ2) is 6.76. The Morgan fingerprint density at radius 2 is 2.00 bits per heavy atom. The Balaban J connectivity index is 1.73. The molecule has 2 aromatic heterocycles. The molecule has 0 aliphatic rings. The van der Waals surface area contributed by atoms with Crippen LogP contribution in [0, 0.1) is 0 Å². The maximum atomic E-state index is 11.5. The lowest BCUT2D eigenvalue weighted by molar-refractivity contribution is -0.141. The molecule has 0 aromatic carbocycles. The number of thioether (sulfide) groups is 1. The van der Waals surface area contributed by atoms with Gasteiger partial charge >= 0.3 is 5.97 Å². The summed E-state index contributed by atoms with van der Waals surface area (Å²) >= 11 is 1.43. The Labute approximate surface area is 109 Å². The number of carbonyl (C=O) groups excluding carboxylic acids is 1. The van der Waals surface area contributed by atoms with Gasteiger partial charge in [0.15, 0.2) is 0 Å². The number of carbonyl (C=O) groups is 1. The minimum atomic E-state index is -0.235. The van der Waals surface area contributed by atoms with E-state index in [0.29, 0.717) is 5.75 Å². The normalized spacial score (nSPS) is 10.0. The molecule has 0 saturated heterocycles. The molecule has 0 saturated carbocycles. The van der Waals surface area contributed by atoms with E-state index in [-0.39, 0.29) is 12.6 Å². The van der Waals surface area contributed by atoms with Crippen LogP contribution in [0.5, 0.6) is 0 Å². The van der Waals surface area contributed by atoms with Gasteiger partial charge in [-0.15, -0.1) is 11.8 Å². The van der Waals surface area contributed by atoms with E-state index in [0.717, 1.165) is 10.5 Å². The molecule has 2 rings (SSSR count). The third-order valence-corrected chi connectivity index (χ3v) is 3.11. The Hall–Kier alpha value is -1.88. The zero-order valence-electron chi connectivity index (χ0n) is 9.65. The molecule has 4 nitrogen and oxygen atoms in total. The fourth-order valence-electron chi connectivity index (χ4n) is 1.27. The van der Waals surface area contributed by atoms with E-state index < -0.39 is 0 Å². The number of hydrogen-bond donors (Lipinski definition) is 0. The van der Waals surface area contributed by atoms with Crippen molar-refractivity contribution in [1.29, 1.82) is 0 Å². The summed E-state index contributed by atoms with van der Waals surface area (Å²) in [6, 6.07) is 7.41. The number of ether oxygens (including phenoxy) is 1. The second-order valence-corrected chi connectivity index (χ2v) is 4.54. The number of aromatic nitrogens is 2. The molecule has 0 radical (unpaired) electrons. The van der Waals surface area contributed by atoms with Crippen LogP contribution in [0.1, 0.15) is 5.56 Å². The van der Waals surface area contributed by atoms with Crippen molar-refractivity contribution in [2.45, 2.75) is 11.5 Å². The van der Waals surface area contributed by atoms with Crippen LogP contribution in [0.2, 0.25) is 0 Å². The monoisotopic (exact) mass is 260 g/mol. The molecule has 2 aromatic rings. The maximum absolute atomic E-state index is 11.5. The summed E-state index contributed by atoms with van der Waals surface area (Å²) in [7, 11) is 0. The fourth-order valence-corrected chi connectivity index (χ4v) is 1.95. The van der Waals surface area contributed by atoms with Crippen LogP contribution in [-0.2, 0) is 16.1 Å². The highest BCUT2D eigenvalue weighted by molar-refractivity contribution is 8.00. The second-order valence-electron chi connectivity index (χ2n) is 3.49. The van der Waals surface area contributed by atoms with E-state index >= 15 is 0 Å². The molecular formula is C13H12N2O2S. The van der Waals surface area contributed by atoms with Crippen molar-refractivity contribution in [2.75, 3.05) is 5.75 Å². The minimum Gasteiger partial charge on any atom is -0.460 e. The summed E-state index contributed by atoms with van der Waals surface area (Å²) in [6.07, 6.45) is 6.76. The van der Waals surface area contributed by atoms with Crippen molar-refractivity contribution >= 4 is 17.7 Å². The smallest absolute Gasteiger partial charge is 0.316 e. The van der Waals surface area contributed by atoms with Gasteiger partial charge in [-0.25, -0.2) is 0 Å². The maximum Gasteiger partial charge on any atom is 0.316 e. The summed E-state index contributed by atoms with van der Waals surface area (Å²) in [5.41, 5.74) is 0.889. The zero-order chi connectivity index (χ0) is 12.6. The lowest BCUT2D eigenvalue weighted by Gasteiger charge is -2.04. The van der Waals surface area contributed by atoms with Crippen LogP contribution in [0.3, 0.4) is 0 Å². The predicted octanol–water partition coefficient (Wildman–Crippen LogP) is 2.31. The van der Waals surface area contributed by atoms with E-state index in [2.05, 4.69) is 9.97 Å². The van der Waals surface area contributed by atoms with Crippen molar-refractivity contribution in [1.82, 2.24) is 9.97 Å². The van der Waals surface area contributed by atoms with E-state index in [1.165, 1.54) is 11.8 Å². The summed E-state index contributed by atoms with van der Waals surface area (Å²) < 4.78 is 5.13. The van der Waals surface area contributed by atoms with Crippen molar-refractivity contribution < 1.29 is 9.53 Å². The van der Waals surface area contributed by atoms with Gasteiger partial charge in [0.05, 0.1) is 5.75 Å². The SMILES string of the molecule is O=C(CSc1ccncc1)OCc1cccnc1. The van der Waals surface area contributed by atoms with E-state index in [1.807, 2.05) is 24.3 Å². The molecule has 5 heteroatoms. The van der Waals surface area contributed by atoms with Crippen molar-refractivity contribution in [3.63, 3.8) is 0 Å². The predicted molar refractivity (Wildman–Crippen MR) is 69.0 cm³/mol. The van der Waals surface area contributed by atoms with Gasteiger partial charge in [-0.2, -0.15) is 0 Å². The van der Waals surface area contributed by atoms with Crippen LogP contribution in [-0.4, -0.2) is 21.7 Å². The quantitative estimate of drug-likeness (QED) is 0.610. The first kappa shape index (κ1) is 12.6. The topological polar surface area (TPSA) is 52.1 Å². The number of pyridine rings is 2. The molecule has 0 spiro atoms. The van der Waals surface area contributed by atoms with Gasteiger partial charge in [-0.05, 0) is 18.2 Å². The third kappa shape index (κ3) is 4.18. The third-order valence-electron chi connectivity index (χ3n) is 2.13. The largest absolute Gasteiger partial charge is 0.460 e. The van der Waals surface area contributed by atoms with Gasteiger partial charge in [0.1, 0.15) is 6.61 Å². The Morgan fingerprint density at radius 3 is 2.72 bits per heavy atom. The standard InChI is InChI=1S/C13H12N2O2S/c16-13(10-18-12-3-6-14-7-4-12)17-9-11-2-1-5-15-8-11/h1-8H,9-10H2. The van der Waals surface area contributed by atoms with Gasteiger partial charge in [0.2, 0.25) is 0 Å². The highest BCUT2D eigenvalue weighted by Crippen LogP contribution is 2.16. The summed E-state index contributed by atoms with van der Waals surface area (Å²) in [4.78, 5) is 20.4. The highest BCUT2D eigenvalue weighted by atomic mass is 32.2. The molecule has 0 aliphatic heterocycles. The van der Waals surface area contributed by atoms with Gasteiger partial charge < -0.3 is 4.74 Å². The van der Waals surface area contributed by atoms with Crippen molar-refractivity contribution in [3.8, 4) is 0 Å². The molecule has 0 bridgehead atoms. The molecule has 0 fully saturated rings. The molecule has 0 amide bonds. The summed E-state index contributed by atoms with van der Waals surface area (Å²) in [6.45, 7) is 0.267. The van der Waals surface area contributed by atoms with Gasteiger partial charge in [0.25, 0.3) is 0 Å². The number of nitrogens with zero attached hydrogens (tertiary/aromatic N) is 2. The average molecular weight is 260 g/mol. The van der Waals surface area contributed by atoms with Crippen LogP contribution in [0.15, 0.2) is 53.9 Å². The molecule has 0 N–H and O–H groups in total. The number of esters is 1. The van der Waals surface area contributed by atoms with Gasteiger partial charge in [-0.1, -0.05) is 6.07 Å². The van der Waals surface area contributed by atoms with Crippen LogP contribution < -0.4 is 0 Å². The first-order valence-corrected chi connectivity index (χ1v) is 6.40. The van der Waals surface area contributed by atoms with E-state index in [4.69, 9.17) is 4.74 Å². The minimum absolute atomic E-state index is 0.235. The molecule has 0 aliphatic carbocycles. The lowest BCUT2D eigenvalue weighted by atomic mass is 10.3. The molecular weight excluding hydrogens is 248 g/mol. The van der Waals surface area contributed by atoms with E-state index in [1.54, 1.807) is 24.8 Å². The number of rotatable bonds is 5. The molecule has 0 atom stereocenters. The van der Waals surface area contributed by atoms with E-state index in [9.17, 15) is 4.79 Å². The highest BCUT2D eigenvalue weighted by Gasteiger charge is 2.04. The average Bonchev–Trinajstić information content (AvgIpc) is 2.45. The van der Waals surface area contributed by atoms with Gasteiger partial charge in [-0.3, -0.25) is 14.8 Å². The lowest BCUT2D eigenvalue weighted by Crippen LogP contribution is -2.07.